The van der Waals surface area contributed by atoms with E-state index >= 15 is 0 Å². The second-order valence-corrected chi connectivity index (χ2v) is 7.91. The molecule has 9 heteroatoms. The standard InChI is InChI=1S/C20H19ClFN3O4/c1-3-20(2)23-17(27)15-11-6-7-24(9-10-4-5-13(22)12(21)8-10)18(28)14(11)16(26)19(29)25(15)20/h4-5,8,26H,3,6-7,9H2,1-2H3,(H,23,27). The smallest absolute Gasteiger partial charge is 0.296 e. The molecule has 0 bridgehead atoms. The van der Waals surface area contributed by atoms with Gasteiger partial charge in [-0.15, -0.1) is 0 Å². The molecule has 7 nitrogen and oxygen atoms in total. The van der Waals surface area contributed by atoms with Crippen LogP contribution in [-0.4, -0.2) is 32.9 Å². The zero-order valence-electron chi connectivity index (χ0n) is 15.9. The summed E-state index contributed by atoms with van der Waals surface area (Å²) in [6, 6.07) is 4.16. The minimum Gasteiger partial charge on any atom is -0.502 e. The SMILES string of the molecule is CCC1(C)NC(=O)c2c3c(c(O)c(=O)n21)C(=O)N(Cc1ccc(F)c(Cl)c1)CC3. The average molecular weight is 420 g/mol. The van der Waals surface area contributed by atoms with Gasteiger partial charge in [0.15, 0.2) is 5.75 Å². The molecular formula is C20H19ClFN3O4. The first-order chi connectivity index (χ1) is 13.7. The lowest BCUT2D eigenvalue weighted by molar-refractivity contribution is 0.0721. The number of benzene rings is 1. The van der Waals surface area contributed by atoms with Crippen molar-refractivity contribution in [2.45, 2.75) is 38.9 Å². The molecule has 29 heavy (non-hydrogen) atoms. The van der Waals surface area contributed by atoms with E-state index in [1.807, 2.05) is 6.92 Å². The van der Waals surface area contributed by atoms with Crippen LogP contribution in [0.2, 0.25) is 5.02 Å². The van der Waals surface area contributed by atoms with Crippen molar-refractivity contribution >= 4 is 23.4 Å². The van der Waals surface area contributed by atoms with Crippen LogP contribution < -0.4 is 10.9 Å². The summed E-state index contributed by atoms with van der Waals surface area (Å²) in [6.45, 7) is 3.93. The Balaban J connectivity index is 1.79. The predicted molar refractivity (Wildman–Crippen MR) is 104 cm³/mol. The fourth-order valence-electron chi connectivity index (χ4n) is 4.02. The Bertz CT molecular complexity index is 1130. The molecule has 1 aromatic carbocycles. The summed E-state index contributed by atoms with van der Waals surface area (Å²) < 4.78 is 14.6. The third-order valence-corrected chi connectivity index (χ3v) is 6.01. The molecule has 1 atom stereocenters. The molecule has 0 aliphatic carbocycles. The van der Waals surface area contributed by atoms with E-state index in [0.717, 1.165) is 0 Å². The Hall–Kier alpha value is -2.87. The number of aromatic hydroxyl groups is 1. The van der Waals surface area contributed by atoms with Crippen LogP contribution in [0.3, 0.4) is 0 Å². The maximum atomic E-state index is 13.4. The zero-order valence-corrected chi connectivity index (χ0v) is 16.6. The summed E-state index contributed by atoms with van der Waals surface area (Å²) in [5, 5.41) is 13.3. The fourth-order valence-corrected chi connectivity index (χ4v) is 4.22. The number of fused-ring (bicyclic) bond motifs is 3. The molecule has 1 unspecified atom stereocenters. The lowest BCUT2D eigenvalue weighted by atomic mass is 9.95. The molecule has 4 rings (SSSR count). The lowest BCUT2D eigenvalue weighted by Crippen LogP contribution is -2.45. The van der Waals surface area contributed by atoms with Crippen LogP contribution in [0.1, 0.15) is 52.2 Å². The fraction of sp³-hybridized carbons (Fsp3) is 0.350. The van der Waals surface area contributed by atoms with Crippen LogP contribution in [0.25, 0.3) is 0 Å². The van der Waals surface area contributed by atoms with E-state index in [-0.39, 0.29) is 29.4 Å². The quantitative estimate of drug-likeness (QED) is 0.799. The number of rotatable bonds is 3. The van der Waals surface area contributed by atoms with Crippen molar-refractivity contribution in [2.24, 2.45) is 0 Å². The summed E-state index contributed by atoms with van der Waals surface area (Å²) >= 11 is 5.81. The van der Waals surface area contributed by atoms with Gasteiger partial charge in [0, 0.05) is 18.7 Å². The van der Waals surface area contributed by atoms with Crippen molar-refractivity contribution < 1.29 is 19.1 Å². The number of amides is 2. The molecular weight excluding hydrogens is 401 g/mol. The van der Waals surface area contributed by atoms with Gasteiger partial charge < -0.3 is 15.3 Å². The summed E-state index contributed by atoms with van der Waals surface area (Å²) in [7, 11) is 0. The Morgan fingerprint density at radius 3 is 2.69 bits per heavy atom. The Kier molecular flexibility index (Phi) is 4.42. The van der Waals surface area contributed by atoms with Gasteiger partial charge in [-0.1, -0.05) is 24.6 Å². The molecule has 2 amide bonds. The lowest BCUT2D eigenvalue weighted by Gasteiger charge is -2.31. The van der Waals surface area contributed by atoms with Gasteiger partial charge in [-0.05, 0) is 37.5 Å². The first-order valence-corrected chi connectivity index (χ1v) is 9.62. The number of hydrogen-bond acceptors (Lipinski definition) is 4. The zero-order chi connectivity index (χ0) is 21.1. The minimum absolute atomic E-state index is 0.0539. The number of nitrogens with one attached hydrogen (secondary N) is 1. The van der Waals surface area contributed by atoms with Crippen molar-refractivity contribution in [1.29, 1.82) is 0 Å². The number of nitrogens with zero attached hydrogens (tertiary/aromatic N) is 2. The minimum atomic E-state index is -0.957. The maximum absolute atomic E-state index is 13.4. The van der Waals surface area contributed by atoms with Crippen LogP contribution in [0.5, 0.6) is 5.75 Å². The highest BCUT2D eigenvalue weighted by molar-refractivity contribution is 6.30. The average Bonchev–Trinajstić information content (AvgIpc) is 2.95. The first kappa shape index (κ1) is 19.4. The van der Waals surface area contributed by atoms with Crippen LogP contribution in [0.4, 0.5) is 4.39 Å². The van der Waals surface area contributed by atoms with E-state index in [1.54, 1.807) is 6.92 Å². The van der Waals surface area contributed by atoms with E-state index in [2.05, 4.69) is 5.32 Å². The van der Waals surface area contributed by atoms with Crippen molar-refractivity contribution in [3.05, 3.63) is 61.8 Å². The second kappa shape index (κ2) is 6.59. The number of aromatic nitrogens is 1. The molecule has 2 aliphatic heterocycles. The third kappa shape index (κ3) is 2.81. The summed E-state index contributed by atoms with van der Waals surface area (Å²) in [6.07, 6.45) is 0.738. The summed E-state index contributed by atoms with van der Waals surface area (Å²) in [5.41, 5.74) is -0.763. The predicted octanol–water partition coefficient (Wildman–Crippen LogP) is 2.37. The highest BCUT2D eigenvalue weighted by Gasteiger charge is 2.44. The molecule has 0 saturated heterocycles. The summed E-state index contributed by atoms with van der Waals surface area (Å²) in [4.78, 5) is 39.9. The van der Waals surface area contributed by atoms with Crippen LogP contribution in [0, 0.1) is 5.82 Å². The summed E-state index contributed by atoms with van der Waals surface area (Å²) in [5.74, 6) is -2.21. The molecule has 0 spiro atoms. The van der Waals surface area contributed by atoms with E-state index in [0.29, 0.717) is 24.0 Å². The molecule has 2 N–H and O–H groups in total. The Morgan fingerprint density at radius 1 is 1.31 bits per heavy atom. The molecule has 2 aromatic rings. The van der Waals surface area contributed by atoms with Crippen molar-refractivity contribution in [3.63, 3.8) is 0 Å². The molecule has 3 heterocycles. The Morgan fingerprint density at radius 2 is 2.03 bits per heavy atom. The number of pyridine rings is 1. The van der Waals surface area contributed by atoms with E-state index < -0.39 is 34.6 Å². The van der Waals surface area contributed by atoms with Gasteiger partial charge >= 0.3 is 0 Å². The Labute approximate surface area is 170 Å². The van der Waals surface area contributed by atoms with Crippen molar-refractivity contribution in [1.82, 2.24) is 14.8 Å². The first-order valence-electron chi connectivity index (χ1n) is 9.25. The van der Waals surface area contributed by atoms with E-state index in [4.69, 9.17) is 11.6 Å². The molecule has 0 saturated carbocycles. The maximum Gasteiger partial charge on any atom is 0.296 e. The molecule has 2 aliphatic rings. The molecule has 0 radical (unpaired) electrons. The topological polar surface area (TPSA) is 91.6 Å². The normalized spacial score (nSPS) is 20.5. The van der Waals surface area contributed by atoms with Gasteiger partial charge in [0.05, 0.1) is 10.6 Å². The van der Waals surface area contributed by atoms with Gasteiger partial charge in [0.2, 0.25) is 0 Å². The molecule has 0 fully saturated rings. The van der Waals surface area contributed by atoms with Gasteiger partial charge in [-0.25, -0.2) is 4.39 Å². The number of hydrogen-bond donors (Lipinski definition) is 2. The molecule has 1 aromatic heterocycles. The largest absolute Gasteiger partial charge is 0.502 e. The number of halogens is 2. The highest BCUT2D eigenvalue weighted by Crippen LogP contribution is 2.34. The van der Waals surface area contributed by atoms with Gasteiger partial charge in [-0.3, -0.25) is 19.0 Å². The monoisotopic (exact) mass is 419 g/mol. The van der Waals surface area contributed by atoms with E-state index in [9.17, 15) is 23.9 Å². The van der Waals surface area contributed by atoms with E-state index in [1.165, 1.54) is 27.7 Å². The highest BCUT2D eigenvalue weighted by atomic mass is 35.5. The van der Waals surface area contributed by atoms with Gasteiger partial charge in [0.1, 0.15) is 17.2 Å². The number of carbonyl (C=O) groups excluding carboxylic acids is 2. The van der Waals surface area contributed by atoms with Crippen molar-refractivity contribution in [2.75, 3.05) is 6.54 Å². The second-order valence-electron chi connectivity index (χ2n) is 7.50. The van der Waals surface area contributed by atoms with Crippen LogP contribution in [-0.2, 0) is 18.6 Å². The number of carbonyl (C=O) groups is 2. The van der Waals surface area contributed by atoms with Crippen molar-refractivity contribution in [3.8, 4) is 5.75 Å². The van der Waals surface area contributed by atoms with Crippen LogP contribution >= 0.6 is 11.6 Å². The molecule has 152 valence electrons. The van der Waals surface area contributed by atoms with Crippen LogP contribution in [0.15, 0.2) is 23.0 Å². The third-order valence-electron chi connectivity index (χ3n) is 5.72. The van der Waals surface area contributed by atoms with Gasteiger partial charge in [-0.2, -0.15) is 0 Å². The van der Waals surface area contributed by atoms with Gasteiger partial charge in [0.25, 0.3) is 17.4 Å².